The van der Waals surface area contributed by atoms with Crippen molar-refractivity contribution in [3.8, 4) is 0 Å². The number of hydrogen-bond acceptors (Lipinski definition) is 2. The van der Waals surface area contributed by atoms with Crippen molar-refractivity contribution in [1.29, 1.82) is 0 Å². The molecule has 0 aromatic carbocycles. The molecule has 2 rings (SSSR count). The molecule has 0 unspecified atom stereocenters. The second-order valence-corrected chi connectivity index (χ2v) is 4.84. The second kappa shape index (κ2) is 15.9. The van der Waals surface area contributed by atoms with E-state index in [1.54, 1.807) is 0 Å². The number of likely N-dealkylation sites (tertiary alicyclic amines) is 2. The van der Waals surface area contributed by atoms with E-state index < -0.39 is 6.17 Å². The number of halogens is 1. The fourth-order valence-corrected chi connectivity index (χ4v) is 2.03. The smallest absolute Gasteiger partial charge is 0.103 e. The van der Waals surface area contributed by atoms with Gasteiger partial charge in [0, 0.05) is 13.1 Å². The molecule has 0 saturated carbocycles. The largest absolute Gasteiger partial charge is 0.306 e. The highest BCUT2D eigenvalue weighted by Crippen LogP contribution is 2.10. The standard InChI is InChI=1S/C6H12FN.C6H13N.2C2H6/c1-8-4-2-6(7)3-5-8;1-7-5-3-2-4-6-7;2*1-2/h6H,2-5H2,1H3;2-6H2,1H3;2*1-2H3. The molecular formula is C16H37FN2. The summed E-state index contributed by atoms with van der Waals surface area (Å²) < 4.78 is 12.3. The minimum absolute atomic E-state index is 0.522. The summed E-state index contributed by atoms with van der Waals surface area (Å²) in [7, 11) is 4.23. The van der Waals surface area contributed by atoms with Crippen LogP contribution in [0.25, 0.3) is 0 Å². The van der Waals surface area contributed by atoms with Gasteiger partial charge in [-0.1, -0.05) is 34.1 Å². The van der Waals surface area contributed by atoms with Crippen LogP contribution in [-0.2, 0) is 0 Å². The topological polar surface area (TPSA) is 6.48 Å². The van der Waals surface area contributed by atoms with Crippen molar-refractivity contribution in [3.05, 3.63) is 0 Å². The van der Waals surface area contributed by atoms with Gasteiger partial charge in [-0.05, 0) is 52.9 Å². The van der Waals surface area contributed by atoms with Crippen LogP contribution in [0.5, 0.6) is 0 Å². The molecule has 0 radical (unpaired) electrons. The van der Waals surface area contributed by atoms with E-state index in [4.69, 9.17) is 0 Å². The van der Waals surface area contributed by atoms with Gasteiger partial charge in [-0.2, -0.15) is 0 Å². The van der Waals surface area contributed by atoms with Crippen LogP contribution in [0.15, 0.2) is 0 Å². The van der Waals surface area contributed by atoms with E-state index in [-0.39, 0.29) is 0 Å². The predicted octanol–water partition coefficient (Wildman–Crippen LogP) is 4.20. The molecule has 3 heteroatoms. The third-order valence-electron chi connectivity index (χ3n) is 3.23. The van der Waals surface area contributed by atoms with Crippen LogP contribution in [0, 0.1) is 0 Å². The van der Waals surface area contributed by atoms with Gasteiger partial charge in [0.1, 0.15) is 6.17 Å². The van der Waals surface area contributed by atoms with E-state index in [0.29, 0.717) is 0 Å². The number of nitrogens with zero attached hydrogens (tertiary/aromatic N) is 2. The first-order chi connectivity index (χ1) is 9.18. The predicted molar refractivity (Wildman–Crippen MR) is 85.7 cm³/mol. The zero-order valence-electron chi connectivity index (χ0n) is 14.2. The number of alkyl halides is 1. The average Bonchev–Trinajstić information content (AvgIpc) is 2.48. The van der Waals surface area contributed by atoms with Gasteiger partial charge in [-0.25, -0.2) is 4.39 Å². The molecule has 0 aromatic heterocycles. The molecule has 0 N–H and O–H groups in total. The molecule has 19 heavy (non-hydrogen) atoms. The van der Waals surface area contributed by atoms with Crippen molar-refractivity contribution in [1.82, 2.24) is 9.80 Å². The molecular weight excluding hydrogens is 239 g/mol. The Labute approximate surface area is 121 Å². The Kier molecular flexibility index (Phi) is 17.7. The second-order valence-electron chi connectivity index (χ2n) is 4.84. The Hall–Kier alpha value is -0.150. The fraction of sp³-hybridized carbons (Fsp3) is 1.00. The molecule has 0 aromatic rings. The zero-order chi connectivity index (χ0) is 15.1. The van der Waals surface area contributed by atoms with Crippen LogP contribution in [0.2, 0.25) is 0 Å². The maximum absolute atomic E-state index is 12.3. The first kappa shape index (κ1) is 21.2. The lowest BCUT2D eigenvalue weighted by Crippen LogP contribution is -2.30. The molecule has 2 heterocycles. The summed E-state index contributed by atoms with van der Waals surface area (Å²) in [4.78, 5) is 4.56. The Morgan fingerprint density at radius 1 is 0.684 bits per heavy atom. The average molecular weight is 276 g/mol. The Bertz CT molecular complexity index is 141. The van der Waals surface area contributed by atoms with Gasteiger partial charge in [-0.3, -0.25) is 0 Å². The molecule has 2 aliphatic heterocycles. The number of piperidine rings is 2. The highest BCUT2D eigenvalue weighted by molar-refractivity contribution is 4.67. The van der Waals surface area contributed by atoms with Gasteiger partial charge in [-0.15, -0.1) is 0 Å². The summed E-state index contributed by atoms with van der Waals surface area (Å²) in [6.45, 7) is 12.5. The third-order valence-corrected chi connectivity index (χ3v) is 3.23. The summed E-state index contributed by atoms with van der Waals surface area (Å²) in [6, 6.07) is 0. The van der Waals surface area contributed by atoms with Gasteiger partial charge in [0.05, 0.1) is 0 Å². The molecule has 2 nitrogen and oxygen atoms in total. The normalized spacial score (nSPS) is 21.0. The summed E-state index contributed by atoms with van der Waals surface area (Å²) in [5.41, 5.74) is 0. The number of hydrogen-bond donors (Lipinski definition) is 0. The van der Waals surface area contributed by atoms with Crippen molar-refractivity contribution in [2.45, 2.75) is 66.0 Å². The third kappa shape index (κ3) is 14.1. The maximum atomic E-state index is 12.3. The molecule has 0 amide bonds. The molecule has 0 spiro atoms. The Morgan fingerprint density at radius 2 is 1.05 bits per heavy atom. The molecule has 0 aliphatic carbocycles. The van der Waals surface area contributed by atoms with E-state index in [1.165, 1.54) is 32.4 Å². The first-order valence-corrected chi connectivity index (χ1v) is 8.19. The van der Waals surface area contributed by atoms with Crippen LogP contribution >= 0.6 is 0 Å². The van der Waals surface area contributed by atoms with Crippen LogP contribution in [0.4, 0.5) is 4.39 Å². The number of rotatable bonds is 0. The molecule has 118 valence electrons. The van der Waals surface area contributed by atoms with E-state index in [1.807, 2.05) is 34.7 Å². The monoisotopic (exact) mass is 276 g/mol. The lowest BCUT2D eigenvalue weighted by Gasteiger charge is -2.23. The lowest BCUT2D eigenvalue weighted by atomic mass is 10.1. The summed E-state index contributed by atoms with van der Waals surface area (Å²) in [5.74, 6) is 0. The summed E-state index contributed by atoms with van der Waals surface area (Å²) in [5, 5.41) is 0. The first-order valence-electron chi connectivity index (χ1n) is 8.19. The van der Waals surface area contributed by atoms with E-state index in [2.05, 4.69) is 16.8 Å². The molecule has 2 fully saturated rings. The zero-order valence-corrected chi connectivity index (χ0v) is 14.2. The highest BCUT2D eigenvalue weighted by atomic mass is 19.1. The minimum Gasteiger partial charge on any atom is -0.306 e. The van der Waals surface area contributed by atoms with Crippen molar-refractivity contribution in [2.75, 3.05) is 40.3 Å². The van der Waals surface area contributed by atoms with Crippen molar-refractivity contribution < 1.29 is 4.39 Å². The molecule has 0 bridgehead atoms. The van der Waals surface area contributed by atoms with E-state index in [9.17, 15) is 4.39 Å². The van der Waals surface area contributed by atoms with Crippen LogP contribution < -0.4 is 0 Å². The van der Waals surface area contributed by atoms with Crippen molar-refractivity contribution >= 4 is 0 Å². The van der Waals surface area contributed by atoms with E-state index in [0.717, 1.165) is 25.9 Å². The van der Waals surface area contributed by atoms with Crippen molar-refractivity contribution in [3.63, 3.8) is 0 Å². The van der Waals surface area contributed by atoms with Gasteiger partial charge in [0.25, 0.3) is 0 Å². The maximum Gasteiger partial charge on any atom is 0.103 e. The quantitative estimate of drug-likeness (QED) is 0.654. The van der Waals surface area contributed by atoms with Gasteiger partial charge < -0.3 is 9.80 Å². The SMILES string of the molecule is CC.CC.CN1CCC(F)CC1.CN1CCCCC1. The van der Waals surface area contributed by atoms with Crippen LogP contribution in [0.1, 0.15) is 59.8 Å². The van der Waals surface area contributed by atoms with Crippen LogP contribution in [0.3, 0.4) is 0 Å². The molecule has 0 atom stereocenters. The summed E-state index contributed by atoms with van der Waals surface area (Å²) >= 11 is 0. The molecule has 2 aliphatic rings. The minimum atomic E-state index is -0.522. The van der Waals surface area contributed by atoms with Gasteiger partial charge in [0.2, 0.25) is 0 Å². The van der Waals surface area contributed by atoms with Gasteiger partial charge in [0.15, 0.2) is 0 Å². The van der Waals surface area contributed by atoms with Crippen LogP contribution in [-0.4, -0.2) is 56.2 Å². The van der Waals surface area contributed by atoms with E-state index >= 15 is 0 Å². The highest BCUT2D eigenvalue weighted by Gasteiger charge is 2.14. The molecule has 2 saturated heterocycles. The summed E-state index contributed by atoms with van der Waals surface area (Å²) in [6.07, 6.45) is 5.22. The van der Waals surface area contributed by atoms with Crippen molar-refractivity contribution in [2.24, 2.45) is 0 Å². The lowest BCUT2D eigenvalue weighted by molar-refractivity contribution is 0.174. The fourth-order valence-electron chi connectivity index (χ4n) is 2.03. The van der Waals surface area contributed by atoms with Gasteiger partial charge >= 0.3 is 0 Å². The Balaban J connectivity index is 0. The Morgan fingerprint density at radius 3 is 1.32 bits per heavy atom.